The molecule has 0 saturated carbocycles. The van der Waals surface area contributed by atoms with E-state index in [1.807, 2.05) is 30.3 Å². The highest BCUT2D eigenvalue weighted by molar-refractivity contribution is 5.86. The third-order valence-electron chi connectivity index (χ3n) is 5.01. The van der Waals surface area contributed by atoms with Crippen LogP contribution >= 0.6 is 24.8 Å². The highest BCUT2D eigenvalue weighted by Crippen LogP contribution is 2.42. The Morgan fingerprint density at radius 2 is 1.70 bits per heavy atom. The van der Waals surface area contributed by atoms with Gasteiger partial charge in [-0.25, -0.2) is 0 Å². The molecule has 2 unspecified atom stereocenters. The van der Waals surface area contributed by atoms with E-state index in [9.17, 15) is 18.0 Å². The molecule has 2 atom stereocenters. The van der Waals surface area contributed by atoms with E-state index in [0.29, 0.717) is 30.8 Å². The number of amides is 1. The van der Waals surface area contributed by atoms with Crippen molar-refractivity contribution < 1.29 is 18.0 Å². The molecule has 2 aliphatic heterocycles. The molecule has 2 aromatic carbocycles. The Hall–Kier alpha value is -1.76. The van der Waals surface area contributed by atoms with E-state index < -0.39 is 17.8 Å². The largest absolute Gasteiger partial charge is 0.416 e. The number of nitrogens with one attached hydrogen (secondary N) is 1. The first-order valence-electron chi connectivity index (χ1n) is 8.23. The van der Waals surface area contributed by atoms with Crippen molar-refractivity contribution in [3.8, 4) is 0 Å². The number of carbonyl (C=O) groups is 1. The lowest BCUT2D eigenvalue weighted by Gasteiger charge is -2.43. The number of halogens is 5. The molecule has 0 radical (unpaired) electrons. The van der Waals surface area contributed by atoms with E-state index in [4.69, 9.17) is 0 Å². The lowest BCUT2D eigenvalue weighted by Crippen LogP contribution is -2.53. The zero-order chi connectivity index (χ0) is 17.6. The van der Waals surface area contributed by atoms with Gasteiger partial charge in [-0.3, -0.25) is 9.69 Å². The normalized spacial score (nSPS) is 21.8. The van der Waals surface area contributed by atoms with Crippen LogP contribution in [-0.4, -0.2) is 30.4 Å². The average Bonchev–Trinajstić information content (AvgIpc) is 2.60. The number of benzene rings is 2. The number of hydrogen-bond acceptors (Lipinski definition) is 2. The van der Waals surface area contributed by atoms with Crippen LogP contribution in [0.4, 0.5) is 13.2 Å². The van der Waals surface area contributed by atoms with Gasteiger partial charge in [0.15, 0.2) is 0 Å². The molecule has 146 valence electrons. The topological polar surface area (TPSA) is 32.3 Å². The number of rotatable bonds is 1. The molecular weight excluding hydrogens is 400 g/mol. The fourth-order valence-electron chi connectivity index (χ4n) is 3.85. The van der Waals surface area contributed by atoms with Crippen LogP contribution in [0.25, 0.3) is 0 Å². The lowest BCUT2D eigenvalue weighted by molar-refractivity contribution is -0.137. The number of alkyl halides is 3. The molecule has 3 nitrogen and oxygen atoms in total. The first-order valence-corrected chi connectivity index (χ1v) is 8.23. The van der Waals surface area contributed by atoms with Gasteiger partial charge >= 0.3 is 6.18 Å². The maximum absolute atomic E-state index is 13.2. The Balaban J connectivity index is 0.00000131. The van der Waals surface area contributed by atoms with Gasteiger partial charge in [0.25, 0.3) is 0 Å². The van der Waals surface area contributed by atoms with Gasteiger partial charge in [0, 0.05) is 25.6 Å². The molecular formula is C19H19Cl2F3N2O. The van der Waals surface area contributed by atoms with Gasteiger partial charge < -0.3 is 5.32 Å². The average molecular weight is 419 g/mol. The van der Waals surface area contributed by atoms with Crippen molar-refractivity contribution in [3.63, 3.8) is 0 Å². The predicted molar refractivity (Wildman–Crippen MR) is 102 cm³/mol. The summed E-state index contributed by atoms with van der Waals surface area (Å²) < 4.78 is 39.6. The maximum atomic E-state index is 13.2. The van der Waals surface area contributed by atoms with Crippen LogP contribution in [0.5, 0.6) is 0 Å². The highest BCUT2D eigenvalue weighted by Gasteiger charge is 2.41. The van der Waals surface area contributed by atoms with Crippen molar-refractivity contribution in [1.29, 1.82) is 0 Å². The van der Waals surface area contributed by atoms with E-state index in [2.05, 4.69) is 10.2 Å². The van der Waals surface area contributed by atoms with Gasteiger partial charge in [-0.15, -0.1) is 24.8 Å². The van der Waals surface area contributed by atoms with Crippen molar-refractivity contribution in [2.24, 2.45) is 0 Å². The number of hydrogen-bond donors (Lipinski definition) is 1. The summed E-state index contributed by atoms with van der Waals surface area (Å²) in [6.45, 7) is 1.80. The first-order chi connectivity index (χ1) is 11.9. The maximum Gasteiger partial charge on any atom is 0.416 e. The number of fused-ring (bicyclic) bond motifs is 3. The summed E-state index contributed by atoms with van der Waals surface area (Å²) in [6.07, 6.45) is -4.40. The summed E-state index contributed by atoms with van der Waals surface area (Å²) in [4.78, 5) is 14.4. The van der Waals surface area contributed by atoms with Gasteiger partial charge in [0.2, 0.25) is 5.91 Å². The summed E-state index contributed by atoms with van der Waals surface area (Å²) in [5, 5.41) is 2.82. The van der Waals surface area contributed by atoms with Crippen molar-refractivity contribution in [1.82, 2.24) is 10.2 Å². The molecule has 27 heavy (non-hydrogen) atoms. The molecule has 0 bridgehead atoms. The minimum Gasteiger partial charge on any atom is -0.353 e. The highest BCUT2D eigenvalue weighted by atomic mass is 35.5. The first kappa shape index (κ1) is 21.5. The molecule has 1 saturated heterocycles. The molecule has 8 heteroatoms. The van der Waals surface area contributed by atoms with Gasteiger partial charge in [0.1, 0.15) is 6.04 Å². The summed E-state index contributed by atoms with van der Waals surface area (Å²) in [5.41, 5.74) is 1.56. The molecule has 1 amide bonds. The van der Waals surface area contributed by atoms with Crippen LogP contribution in [0.15, 0.2) is 48.5 Å². The second kappa shape index (κ2) is 8.09. The molecule has 2 aromatic rings. The Morgan fingerprint density at radius 1 is 1.00 bits per heavy atom. The zero-order valence-electron chi connectivity index (χ0n) is 14.2. The second-order valence-corrected chi connectivity index (χ2v) is 6.49. The van der Waals surface area contributed by atoms with E-state index >= 15 is 0 Å². The molecule has 0 aromatic heterocycles. The monoisotopic (exact) mass is 418 g/mol. The Kier molecular flexibility index (Phi) is 6.45. The van der Waals surface area contributed by atoms with Crippen molar-refractivity contribution in [2.75, 3.05) is 19.6 Å². The Bertz CT molecular complexity index is 814. The summed E-state index contributed by atoms with van der Waals surface area (Å²) in [5.74, 6) is -0.320. The van der Waals surface area contributed by atoms with Gasteiger partial charge in [-0.05, 0) is 28.8 Å². The second-order valence-electron chi connectivity index (χ2n) is 6.49. The van der Waals surface area contributed by atoms with Crippen LogP contribution in [0.3, 0.4) is 0 Å². The zero-order valence-corrected chi connectivity index (χ0v) is 15.8. The lowest BCUT2D eigenvalue weighted by atomic mass is 9.79. The molecule has 4 rings (SSSR count). The van der Waals surface area contributed by atoms with E-state index in [1.54, 1.807) is 0 Å². The van der Waals surface area contributed by atoms with Gasteiger partial charge in [-0.2, -0.15) is 13.2 Å². The molecule has 0 aliphatic carbocycles. The molecule has 2 heterocycles. The fraction of sp³-hybridized carbons (Fsp3) is 0.316. The summed E-state index contributed by atoms with van der Waals surface area (Å²) in [7, 11) is 0. The quantitative estimate of drug-likeness (QED) is 0.753. The molecule has 2 aliphatic rings. The molecule has 1 fully saturated rings. The van der Waals surface area contributed by atoms with Crippen LogP contribution in [0.2, 0.25) is 0 Å². The van der Waals surface area contributed by atoms with Crippen LogP contribution in [0.1, 0.15) is 34.2 Å². The van der Waals surface area contributed by atoms with Crippen LogP contribution in [0, 0.1) is 0 Å². The van der Waals surface area contributed by atoms with Crippen molar-refractivity contribution >= 4 is 30.7 Å². The third-order valence-corrected chi connectivity index (χ3v) is 5.01. The van der Waals surface area contributed by atoms with Crippen LogP contribution < -0.4 is 5.32 Å². The standard InChI is InChI=1S/C19H17F3N2O.2ClH/c20-19(21,22)13-6-7-14-15(10-13)16(12-4-2-1-3-5-12)11-24-9-8-23-18(25)17(14)24;;/h1-7,10,16-17H,8-9,11H2,(H,23,25);2*1H. The van der Waals surface area contributed by atoms with Crippen LogP contribution in [-0.2, 0) is 11.0 Å². The van der Waals surface area contributed by atoms with E-state index in [0.717, 1.165) is 11.6 Å². The minimum absolute atomic E-state index is 0. The summed E-state index contributed by atoms with van der Waals surface area (Å²) >= 11 is 0. The molecule has 0 spiro atoms. The Morgan fingerprint density at radius 3 is 2.37 bits per heavy atom. The summed E-state index contributed by atoms with van der Waals surface area (Å²) in [6, 6.07) is 12.8. The van der Waals surface area contributed by atoms with Gasteiger partial charge in [-0.1, -0.05) is 36.4 Å². The minimum atomic E-state index is -4.40. The number of nitrogens with zero attached hydrogens (tertiary/aromatic N) is 1. The molecule has 1 N–H and O–H groups in total. The SMILES string of the molecule is Cl.Cl.O=C1NCCN2CC(c3ccccc3)c3cc(C(F)(F)F)ccc3C12. The van der Waals surface area contributed by atoms with Crippen molar-refractivity contribution in [3.05, 3.63) is 70.8 Å². The smallest absolute Gasteiger partial charge is 0.353 e. The van der Waals surface area contributed by atoms with Crippen molar-refractivity contribution in [2.45, 2.75) is 18.1 Å². The van der Waals surface area contributed by atoms with E-state index in [-0.39, 0.29) is 36.6 Å². The third kappa shape index (κ3) is 3.93. The van der Waals surface area contributed by atoms with Gasteiger partial charge in [0.05, 0.1) is 5.56 Å². The Labute approximate surface area is 167 Å². The number of piperazine rings is 1. The van der Waals surface area contributed by atoms with E-state index in [1.165, 1.54) is 12.1 Å². The predicted octanol–water partition coefficient (Wildman–Crippen LogP) is 4.17. The number of carbonyl (C=O) groups excluding carboxylic acids is 1. The fourth-order valence-corrected chi connectivity index (χ4v) is 3.85.